The summed E-state index contributed by atoms with van der Waals surface area (Å²) in [7, 11) is 0. The van der Waals surface area contributed by atoms with Gasteiger partial charge in [-0.15, -0.1) is 10.2 Å². The first-order valence-electron chi connectivity index (χ1n) is 7.24. The fourth-order valence-corrected chi connectivity index (χ4v) is 3.80. The molecule has 0 saturated heterocycles. The van der Waals surface area contributed by atoms with Crippen molar-refractivity contribution in [1.29, 1.82) is 0 Å². The Balaban J connectivity index is 1.90. The lowest BCUT2D eigenvalue weighted by Gasteiger charge is -2.08. The fraction of sp³-hybridized carbons (Fsp3) is 0.400. The second-order valence-corrected chi connectivity index (χ2v) is 7.17. The Kier molecular flexibility index (Phi) is 6.80. The number of nitrogens with zero attached hydrogens (tertiary/aromatic N) is 2. The van der Waals surface area contributed by atoms with E-state index in [1.54, 1.807) is 18.2 Å². The average molecular weight is 419 g/mol. The number of aromatic nitrogens is 2. The Hall–Kier alpha value is -1.18. The maximum absolute atomic E-state index is 11.9. The molecule has 5 nitrogen and oxygen atoms in total. The monoisotopic (exact) mass is 417 g/mol. The molecular formula is C15H17BrClN3O2S. The van der Waals surface area contributed by atoms with Crippen LogP contribution >= 0.6 is 38.9 Å². The number of halogens is 2. The van der Waals surface area contributed by atoms with Crippen molar-refractivity contribution in [3.63, 3.8) is 0 Å². The molecule has 0 spiro atoms. The van der Waals surface area contributed by atoms with Gasteiger partial charge in [-0.05, 0) is 47.0 Å². The zero-order valence-electron chi connectivity index (χ0n) is 12.8. The third-order valence-electron chi connectivity index (χ3n) is 3.27. The zero-order chi connectivity index (χ0) is 16.8. The number of carbonyl (C=O) groups excluding carboxylic acids is 1. The largest absolute Gasteiger partial charge is 0.483 e. The van der Waals surface area contributed by atoms with Gasteiger partial charge in [-0.25, -0.2) is 0 Å². The number of ether oxygens (including phenoxy) is 1. The predicted octanol–water partition coefficient (Wildman–Crippen LogP) is 4.88. The van der Waals surface area contributed by atoms with Crippen molar-refractivity contribution in [2.45, 2.75) is 32.6 Å². The SMILES string of the molecule is CCC(CC)c1nnc(NC(=O)COc2ccc(Cl)cc2Br)s1. The lowest BCUT2D eigenvalue weighted by molar-refractivity contribution is -0.118. The van der Waals surface area contributed by atoms with Gasteiger partial charge in [0.15, 0.2) is 6.61 Å². The maximum atomic E-state index is 11.9. The Labute approximate surface area is 152 Å². The Bertz CT molecular complexity index is 676. The van der Waals surface area contributed by atoms with Crippen molar-refractivity contribution in [1.82, 2.24) is 10.2 Å². The molecular weight excluding hydrogens is 402 g/mol. The summed E-state index contributed by atoms with van der Waals surface area (Å²) >= 11 is 10.6. The predicted molar refractivity (Wildman–Crippen MR) is 96.5 cm³/mol. The second kappa shape index (κ2) is 8.61. The van der Waals surface area contributed by atoms with Crippen LogP contribution in [0.25, 0.3) is 0 Å². The summed E-state index contributed by atoms with van der Waals surface area (Å²) in [5.74, 6) is 0.665. The summed E-state index contributed by atoms with van der Waals surface area (Å²) in [4.78, 5) is 11.9. The van der Waals surface area contributed by atoms with Gasteiger partial charge < -0.3 is 4.74 Å². The molecule has 0 aliphatic heterocycles. The lowest BCUT2D eigenvalue weighted by Crippen LogP contribution is -2.20. The highest BCUT2D eigenvalue weighted by atomic mass is 79.9. The van der Waals surface area contributed by atoms with E-state index in [-0.39, 0.29) is 12.5 Å². The van der Waals surface area contributed by atoms with Crippen LogP contribution in [0.2, 0.25) is 5.02 Å². The number of carbonyl (C=O) groups is 1. The summed E-state index contributed by atoms with van der Waals surface area (Å²) in [6.07, 6.45) is 2.01. The summed E-state index contributed by atoms with van der Waals surface area (Å²) in [5.41, 5.74) is 0. The molecule has 124 valence electrons. The molecule has 1 aromatic heterocycles. The van der Waals surface area contributed by atoms with Crippen molar-refractivity contribution in [2.75, 3.05) is 11.9 Å². The number of anilines is 1. The molecule has 1 heterocycles. The van der Waals surface area contributed by atoms with E-state index in [2.05, 4.69) is 45.3 Å². The minimum atomic E-state index is -0.279. The molecule has 0 aliphatic carbocycles. The van der Waals surface area contributed by atoms with Crippen LogP contribution in [-0.4, -0.2) is 22.7 Å². The molecule has 0 unspecified atom stereocenters. The topological polar surface area (TPSA) is 64.1 Å². The van der Waals surface area contributed by atoms with Crippen LogP contribution in [0.3, 0.4) is 0 Å². The molecule has 23 heavy (non-hydrogen) atoms. The molecule has 0 aliphatic rings. The Morgan fingerprint density at radius 3 is 2.78 bits per heavy atom. The first kappa shape index (κ1) is 18.2. The quantitative estimate of drug-likeness (QED) is 0.696. The zero-order valence-corrected chi connectivity index (χ0v) is 16.0. The van der Waals surface area contributed by atoms with Crippen molar-refractivity contribution >= 4 is 49.9 Å². The van der Waals surface area contributed by atoms with Crippen LogP contribution in [0.15, 0.2) is 22.7 Å². The van der Waals surface area contributed by atoms with Crippen molar-refractivity contribution in [3.05, 3.63) is 32.7 Å². The first-order chi connectivity index (χ1) is 11.0. The second-order valence-electron chi connectivity index (χ2n) is 4.87. The molecule has 2 aromatic rings. The molecule has 0 bridgehead atoms. The van der Waals surface area contributed by atoms with Crippen LogP contribution in [0.5, 0.6) is 5.75 Å². The summed E-state index contributed by atoms with van der Waals surface area (Å²) in [5, 5.41) is 12.9. The van der Waals surface area contributed by atoms with Crippen LogP contribution in [0.4, 0.5) is 5.13 Å². The third kappa shape index (κ3) is 5.16. The van der Waals surface area contributed by atoms with Gasteiger partial charge in [0.2, 0.25) is 5.13 Å². The molecule has 1 aromatic carbocycles. The van der Waals surface area contributed by atoms with Crippen molar-refractivity contribution < 1.29 is 9.53 Å². The molecule has 0 fully saturated rings. The van der Waals surface area contributed by atoms with Crippen LogP contribution < -0.4 is 10.1 Å². The van der Waals surface area contributed by atoms with Gasteiger partial charge >= 0.3 is 0 Å². The highest BCUT2D eigenvalue weighted by Gasteiger charge is 2.15. The Morgan fingerprint density at radius 2 is 2.13 bits per heavy atom. The van der Waals surface area contributed by atoms with E-state index in [0.717, 1.165) is 17.8 Å². The summed E-state index contributed by atoms with van der Waals surface area (Å²) in [6, 6.07) is 5.11. The van der Waals surface area contributed by atoms with E-state index in [1.165, 1.54) is 11.3 Å². The van der Waals surface area contributed by atoms with Gasteiger partial charge in [0.25, 0.3) is 5.91 Å². The van der Waals surface area contributed by atoms with Gasteiger partial charge in [-0.3, -0.25) is 10.1 Å². The Morgan fingerprint density at radius 1 is 1.39 bits per heavy atom. The van der Waals surface area contributed by atoms with E-state index in [0.29, 0.717) is 26.3 Å². The standard InChI is InChI=1S/C15H17BrClN3O2S/c1-3-9(4-2)14-19-20-15(23-14)18-13(21)8-22-12-6-5-10(17)7-11(12)16/h5-7,9H,3-4,8H2,1-2H3,(H,18,20,21). The number of hydrogen-bond donors (Lipinski definition) is 1. The number of nitrogens with one attached hydrogen (secondary N) is 1. The average Bonchev–Trinajstić information content (AvgIpc) is 2.96. The molecule has 2 rings (SSSR count). The van der Waals surface area contributed by atoms with E-state index < -0.39 is 0 Å². The van der Waals surface area contributed by atoms with E-state index in [9.17, 15) is 4.79 Å². The molecule has 0 radical (unpaired) electrons. The van der Waals surface area contributed by atoms with Gasteiger partial charge in [0, 0.05) is 10.9 Å². The highest BCUT2D eigenvalue weighted by Crippen LogP contribution is 2.29. The minimum Gasteiger partial charge on any atom is -0.483 e. The third-order valence-corrected chi connectivity index (χ3v) is 5.13. The lowest BCUT2D eigenvalue weighted by atomic mass is 10.1. The van der Waals surface area contributed by atoms with Crippen LogP contribution in [0.1, 0.15) is 37.6 Å². The van der Waals surface area contributed by atoms with Gasteiger partial charge in [-0.1, -0.05) is 36.8 Å². The number of hydrogen-bond acceptors (Lipinski definition) is 5. The molecule has 0 saturated carbocycles. The fourth-order valence-electron chi connectivity index (χ4n) is 1.98. The van der Waals surface area contributed by atoms with Gasteiger partial charge in [-0.2, -0.15) is 0 Å². The molecule has 1 amide bonds. The van der Waals surface area contributed by atoms with Gasteiger partial charge in [0.1, 0.15) is 10.8 Å². The summed E-state index contributed by atoms with van der Waals surface area (Å²) < 4.78 is 6.16. The van der Waals surface area contributed by atoms with E-state index >= 15 is 0 Å². The van der Waals surface area contributed by atoms with Crippen LogP contribution in [0, 0.1) is 0 Å². The first-order valence-corrected chi connectivity index (χ1v) is 9.23. The number of benzene rings is 1. The van der Waals surface area contributed by atoms with Crippen molar-refractivity contribution in [3.8, 4) is 5.75 Å². The van der Waals surface area contributed by atoms with Gasteiger partial charge in [0.05, 0.1) is 4.47 Å². The maximum Gasteiger partial charge on any atom is 0.264 e. The normalized spacial score (nSPS) is 10.8. The summed E-state index contributed by atoms with van der Waals surface area (Å²) in [6.45, 7) is 4.12. The van der Waals surface area contributed by atoms with Crippen LogP contribution in [-0.2, 0) is 4.79 Å². The smallest absolute Gasteiger partial charge is 0.264 e. The number of rotatable bonds is 7. The number of amides is 1. The molecule has 1 N–H and O–H groups in total. The molecule has 8 heteroatoms. The molecule has 0 atom stereocenters. The minimum absolute atomic E-state index is 0.111. The highest BCUT2D eigenvalue weighted by molar-refractivity contribution is 9.10. The van der Waals surface area contributed by atoms with Crippen molar-refractivity contribution in [2.24, 2.45) is 0 Å². The van der Waals surface area contributed by atoms with E-state index in [1.807, 2.05) is 0 Å². The van der Waals surface area contributed by atoms with E-state index in [4.69, 9.17) is 16.3 Å².